The van der Waals surface area contributed by atoms with Crippen LogP contribution in [0.5, 0.6) is 5.75 Å². The van der Waals surface area contributed by atoms with E-state index in [0.717, 1.165) is 30.8 Å². The molecule has 0 bridgehead atoms. The molecule has 172 valence electrons. The molecule has 33 heavy (non-hydrogen) atoms. The molecule has 2 heterocycles. The van der Waals surface area contributed by atoms with E-state index in [1.165, 1.54) is 12.1 Å². The van der Waals surface area contributed by atoms with E-state index in [2.05, 4.69) is 9.97 Å². The van der Waals surface area contributed by atoms with Crippen molar-refractivity contribution < 1.29 is 17.3 Å². The zero-order chi connectivity index (χ0) is 23.4. The van der Waals surface area contributed by atoms with Gasteiger partial charge < -0.3 is 9.64 Å². The third-order valence-corrected chi connectivity index (χ3v) is 8.00. The van der Waals surface area contributed by atoms with Crippen LogP contribution in [0.2, 0.25) is 0 Å². The summed E-state index contributed by atoms with van der Waals surface area (Å²) in [5, 5.41) is 1.84. The first-order chi connectivity index (χ1) is 15.8. The number of anilines is 1. The van der Waals surface area contributed by atoms with Gasteiger partial charge in [-0.3, -0.25) is 4.18 Å². The Morgan fingerprint density at radius 2 is 1.82 bits per heavy atom. The lowest BCUT2D eigenvalue weighted by molar-refractivity contribution is 0.221. The van der Waals surface area contributed by atoms with Gasteiger partial charge in [-0.25, -0.2) is 9.97 Å². The van der Waals surface area contributed by atoms with Gasteiger partial charge in [0.25, 0.3) is 10.1 Å². The first-order valence-corrected chi connectivity index (χ1v) is 13.1. The highest BCUT2D eigenvalue weighted by Gasteiger charge is 2.14. The van der Waals surface area contributed by atoms with Gasteiger partial charge in [-0.15, -0.1) is 11.3 Å². The zero-order valence-electron chi connectivity index (χ0n) is 18.4. The lowest BCUT2D eigenvalue weighted by Crippen LogP contribution is -2.13. The quantitative estimate of drug-likeness (QED) is 0.234. The minimum atomic E-state index is -3.80. The van der Waals surface area contributed by atoms with Crippen LogP contribution in [0.15, 0.2) is 53.6 Å². The summed E-state index contributed by atoms with van der Waals surface area (Å²) in [6.45, 7) is 1.93. The van der Waals surface area contributed by atoms with Gasteiger partial charge in [-0.2, -0.15) is 8.42 Å². The van der Waals surface area contributed by atoms with E-state index in [1.54, 1.807) is 34.8 Å². The topological polar surface area (TPSA) is 81.6 Å². The van der Waals surface area contributed by atoms with Gasteiger partial charge in [0.05, 0.1) is 15.1 Å². The van der Waals surface area contributed by atoms with E-state index in [0.29, 0.717) is 5.75 Å². The fourth-order valence-corrected chi connectivity index (χ4v) is 5.41. The molecule has 0 N–H and O–H groups in total. The molecule has 0 aliphatic carbocycles. The van der Waals surface area contributed by atoms with E-state index >= 15 is 0 Å². The Hall–Kier alpha value is -2.79. The highest BCUT2D eigenvalue weighted by molar-refractivity contribution is 7.86. The molecule has 2 aromatic heterocycles. The smallest absolute Gasteiger partial charge is 0.297 e. The molecular weight excluding hydrogens is 478 g/mol. The van der Waals surface area contributed by atoms with Crippen molar-refractivity contribution in [2.24, 2.45) is 0 Å². The van der Waals surface area contributed by atoms with Crippen molar-refractivity contribution in [1.82, 2.24) is 9.97 Å². The number of ether oxygens (including phenoxy) is 1. The second-order valence-corrected chi connectivity index (χ2v) is 11.1. The number of fused-ring (bicyclic) bond motifs is 1. The van der Waals surface area contributed by atoms with Gasteiger partial charge in [0.1, 0.15) is 24.0 Å². The molecule has 0 atom stereocenters. The number of nitrogens with zero attached hydrogens (tertiary/aromatic N) is 3. The number of hydrogen-bond donors (Lipinski definition) is 0. The van der Waals surface area contributed by atoms with Crippen molar-refractivity contribution in [1.29, 1.82) is 0 Å². The number of benzene rings is 2. The number of thiazole rings is 2. The standard InChI is InChI=1S/C23H23N3O4S3/c1-16-4-8-19(9-5-16)33(27,28)30-13-12-29-17-6-10-20-21(14-17)32-22(25-20)11-7-18-15-24-23(31-18)26(2)3/h4-11,14-15H,12-13H2,1-3H3/b11-7+. The summed E-state index contributed by atoms with van der Waals surface area (Å²) in [5.74, 6) is 0.635. The van der Waals surface area contributed by atoms with Gasteiger partial charge in [-0.05, 0) is 49.4 Å². The second-order valence-electron chi connectivity index (χ2n) is 7.39. The van der Waals surface area contributed by atoms with Gasteiger partial charge in [0.15, 0.2) is 5.13 Å². The van der Waals surface area contributed by atoms with Gasteiger partial charge in [0, 0.05) is 25.2 Å². The minimum absolute atomic E-state index is 0.0747. The summed E-state index contributed by atoms with van der Waals surface area (Å²) < 4.78 is 36.2. The average Bonchev–Trinajstić information content (AvgIpc) is 3.42. The first-order valence-electron chi connectivity index (χ1n) is 10.1. The highest BCUT2D eigenvalue weighted by atomic mass is 32.2. The molecule has 2 aromatic carbocycles. The molecule has 0 radical (unpaired) electrons. The van der Waals surface area contributed by atoms with Crippen LogP contribution in [-0.2, 0) is 14.3 Å². The third kappa shape index (κ3) is 5.97. The molecule has 0 unspecified atom stereocenters. The summed E-state index contributed by atoms with van der Waals surface area (Å²) >= 11 is 3.17. The normalized spacial score (nSPS) is 12.0. The van der Waals surface area contributed by atoms with Crippen LogP contribution in [0.3, 0.4) is 0 Å². The van der Waals surface area contributed by atoms with E-state index in [-0.39, 0.29) is 18.1 Å². The Bertz CT molecular complexity index is 1370. The minimum Gasteiger partial charge on any atom is -0.491 e. The van der Waals surface area contributed by atoms with E-state index in [4.69, 9.17) is 8.92 Å². The van der Waals surface area contributed by atoms with Crippen LogP contribution in [0, 0.1) is 6.92 Å². The highest BCUT2D eigenvalue weighted by Crippen LogP contribution is 2.28. The van der Waals surface area contributed by atoms with Crippen molar-refractivity contribution in [3.63, 3.8) is 0 Å². The maximum atomic E-state index is 12.2. The van der Waals surface area contributed by atoms with E-state index in [1.807, 2.05) is 62.5 Å². The van der Waals surface area contributed by atoms with Crippen LogP contribution in [0.4, 0.5) is 5.13 Å². The molecule has 0 aliphatic rings. The average molecular weight is 502 g/mol. The van der Waals surface area contributed by atoms with Crippen LogP contribution >= 0.6 is 22.7 Å². The third-order valence-electron chi connectivity index (χ3n) is 4.56. The van der Waals surface area contributed by atoms with Gasteiger partial charge in [-0.1, -0.05) is 29.0 Å². The number of aromatic nitrogens is 2. The monoisotopic (exact) mass is 501 g/mol. The van der Waals surface area contributed by atoms with Crippen LogP contribution in [0.1, 0.15) is 15.4 Å². The summed E-state index contributed by atoms with van der Waals surface area (Å²) in [4.78, 5) is 12.2. The summed E-state index contributed by atoms with van der Waals surface area (Å²) in [6.07, 6.45) is 5.82. The molecule has 4 rings (SSSR count). The molecule has 0 saturated heterocycles. The fourth-order valence-electron chi connectivity index (χ4n) is 2.87. The van der Waals surface area contributed by atoms with Crippen molar-refractivity contribution in [2.75, 3.05) is 32.2 Å². The Balaban J connectivity index is 1.34. The summed E-state index contributed by atoms with van der Waals surface area (Å²) in [7, 11) is 0.137. The lowest BCUT2D eigenvalue weighted by Gasteiger charge is -2.08. The largest absolute Gasteiger partial charge is 0.491 e. The molecule has 0 spiro atoms. The molecule has 4 aromatic rings. The Morgan fingerprint density at radius 1 is 1.03 bits per heavy atom. The Kier molecular flexibility index (Phi) is 7.08. The number of rotatable bonds is 9. The lowest BCUT2D eigenvalue weighted by atomic mass is 10.2. The molecule has 7 nitrogen and oxygen atoms in total. The maximum absolute atomic E-state index is 12.2. The molecule has 0 saturated carbocycles. The second kappa shape index (κ2) is 10.0. The van der Waals surface area contributed by atoms with Crippen molar-refractivity contribution in [3.05, 3.63) is 64.1 Å². The maximum Gasteiger partial charge on any atom is 0.297 e. The van der Waals surface area contributed by atoms with Crippen LogP contribution < -0.4 is 9.64 Å². The van der Waals surface area contributed by atoms with Gasteiger partial charge in [0.2, 0.25) is 0 Å². The van der Waals surface area contributed by atoms with Crippen molar-refractivity contribution in [3.8, 4) is 5.75 Å². The fraction of sp³-hybridized carbons (Fsp3) is 0.217. The number of hydrogen-bond acceptors (Lipinski definition) is 9. The first kappa shape index (κ1) is 23.4. The molecule has 0 aliphatic heterocycles. The molecule has 10 heteroatoms. The number of aryl methyl sites for hydroxylation is 1. The van der Waals surface area contributed by atoms with Crippen molar-refractivity contribution in [2.45, 2.75) is 11.8 Å². The van der Waals surface area contributed by atoms with Crippen molar-refractivity contribution >= 4 is 60.3 Å². The zero-order valence-corrected chi connectivity index (χ0v) is 20.8. The predicted molar refractivity (Wildman–Crippen MR) is 135 cm³/mol. The summed E-state index contributed by atoms with van der Waals surface area (Å²) in [5.41, 5.74) is 1.86. The van der Waals surface area contributed by atoms with E-state index in [9.17, 15) is 8.42 Å². The van der Waals surface area contributed by atoms with E-state index < -0.39 is 10.1 Å². The molecular formula is C23H23N3O4S3. The predicted octanol–water partition coefficient (Wildman–Crippen LogP) is 5.08. The summed E-state index contributed by atoms with van der Waals surface area (Å²) in [6, 6.07) is 12.1. The Labute approximate surface area is 201 Å². The Morgan fingerprint density at radius 3 is 2.55 bits per heavy atom. The SMILES string of the molecule is Cc1ccc(S(=O)(=O)OCCOc2ccc3nc(/C=C/c4cnc(N(C)C)s4)sc3c2)cc1. The van der Waals surface area contributed by atoms with Gasteiger partial charge >= 0.3 is 0 Å². The molecule has 0 amide bonds. The molecule has 0 fully saturated rings. The van der Waals surface area contributed by atoms with Crippen LogP contribution in [-0.4, -0.2) is 45.7 Å². The van der Waals surface area contributed by atoms with Crippen LogP contribution in [0.25, 0.3) is 22.4 Å².